The fourth-order valence-corrected chi connectivity index (χ4v) is 3.97. The molecule has 2 aromatic carbocycles. The van der Waals surface area contributed by atoms with Crippen molar-refractivity contribution in [2.24, 2.45) is 0 Å². The molecular weight excluding hydrogens is 392 g/mol. The van der Waals surface area contributed by atoms with Gasteiger partial charge in [-0.1, -0.05) is 24.3 Å². The van der Waals surface area contributed by atoms with E-state index in [2.05, 4.69) is 4.98 Å². The molecule has 146 valence electrons. The van der Waals surface area contributed by atoms with Gasteiger partial charge in [0.2, 0.25) is 0 Å². The number of methoxy groups -OCH3 is 1. The number of aliphatic hydroxyl groups is 1. The van der Waals surface area contributed by atoms with Gasteiger partial charge < -0.3 is 14.9 Å². The van der Waals surface area contributed by atoms with Gasteiger partial charge in [0.1, 0.15) is 17.3 Å². The van der Waals surface area contributed by atoms with E-state index in [-0.39, 0.29) is 17.1 Å². The van der Waals surface area contributed by atoms with Crippen LogP contribution in [0.15, 0.2) is 65.7 Å². The minimum atomic E-state index is -0.931. The monoisotopic (exact) mass is 408 g/mol. The second kappa shape index (κ2) is 7.40. The Morgan fingerprint density at radius 1 is 1.17 bits per heavy atom. The number of benzene rings is 2. The van der Waals surface area contributed by atoms with Gasteiger partial charge in [-0.15, -0.1) is 11.3 Å². The number of carbonyl (C=O) groups is 2. The van der Waals surface area contributed by atoms with Crippen LogP contribution in [0.5, 0.6) is 11.5 Å². The highest BCUT2D eigenvalue weighted by Gasteiger charge is 2.48. The lowest BCUT2D eigenvalue weighted by molar-refractivity contribution is -0.132. The molecule has 0 bridgehead atoms. The number of carbonyl (C=O) groups excluding carboxylic acids is 2. The van der Waals surface area contributed by atoms with Gasteiger partial charge in [-0.25, -0.2) is 4.98 Å². The number of thiazole rings is 1. The van der Waals surface area contributed by atoms with Gasteiger partial charge in [-0.05, 0) is 29.8 Å². The van der Waals surface area contributed by atoms with Crippen LogP contribution in [0.2, 0.25) is 0 Å². The number of hydrogen-bond acceptors (Lipinski definition) is 7. The Hall–Kier alpha value is -3.65. The highest BCUT2D eigenvalue weighted by molar-refractivity contribution is 7.14. The molecule has 29 heavy (non-hydrogen) atoms. The molecule has 1 amide bonds. The number of rotatable bonds is 4. The summed E-state index contributed by atoms with van der Waals surface area (Å²) in [4.78, 5) is 31.2. The van der Waals surface area contributed by atoms with E-state index in [1.807, 2.05) is 0 Å². The number of aromatic nitrogens is 1. The molecule has 7 nitrogen and oxygen atoms in total. The molecule has 0 spiro atoms. The van der Waals surface area contributed by atoms with Crippen molar-refractivity contribution in [3.8, 4) is 11.5 Å². The first-order valence-electron chi connectivity index (χ1n) is 8.65. The summed E-state index contributed by atoms with van der Waals surface area (Å²) in [5.74, 6) is -1.47. The molecule has 1 atom stereocenters. The second-order valence-electron chi connectivity index (χ2n) is 6.31. The molecule has 0 saturated carbocycles. The highest BCUT2D eigenvalue weighted by Crippen LogP contribution is 2.43. The first kappa shape index (κ1) is 18.7. The highest BCUT2D eigenvalue weighted by atomic mass is 32.1. The van der Waals surface area contributed by atoms with E-state index in [4.69, 9.17) is 4.74 Å². The lowest BCUT2D eigenvalue weighted by Crippen LogP contribution is -2.29. The predicted octanol–water partition coefficient (Wildman–Crippen LogP) is 3.48. The molecule has 8 heteroatoms. The number of phenolic OH excluding ortho intramolecular Hbond substituents is 1. The van der Waals surface area contributed by atoms with Crippen LogP contribution >= 0.6 is 11.3 Å². The van der Waals surface area contributed by atoms with Crippen molar-refractivity contribution >= 4 is 33.9 Å². The van der Waals surface area contributed by atoms with Gasteiger partial charge in [-0.2, -0.15) is 0 Å². The summed E-state index contributed by atoms with van der Waals surface area (Å²) in [5, 5.41) is 22.9. The molecule has 1 aromatic heterocycles. The summed E-state index contributed by atoms with van der Waals surface area (Å²) < 4.78 is 5.19. The zero-order chi connectivity index (χ0) is 20.5. The normalized spacial score (nSPS) is 18.2. The van der Waals surface area contributed by atoms with Gasteiger partial charge in [0.25, 0.3) is 5.78 Å². The van der Waals surface area contributed by atoms with E-state index in [0.717, 1.165) is 0 Å². The summed E-state index contributed by atoms with van der Waals surface area (Å²) in [6.45, 7) is 0. The van der Waals surface area contributed by atoms with Crippen molar-refractivity contribution < 1.29 is 24.5 Å². The lowest BCUT2D eigenvalue weighted by Gasteiger charge is -2.23. The van der Waals surface area contributed by atoms with E-state index in [1.54, 1.807) is 41.8 Å². The van der Waals surface area contributed by atoms with Crippen LogP contribution in [-0.2, 0) is 9.59 Å². The van der Waals surface area contributed by atoms with Crippen LogP contribution in [0.4, 0.5) is 5.13 Å². The minimum Gasteiger partial charge on any atom is -0.508 e. The third kappa shape index (κ3) is 3.23. The predicted molar refractivity (Wildman–Crippen MR) is 108 cm³/mol. The molecule has 0 radical (unpaired) electrons. The maximum Gasteiger partial charge on any atom is 0.301 e. The Balaban J connectivity index is 1.95. The number of Topliss-reactive ketones (excluding diaryl/α,β-unsaturated/α-hetero) is 1. The quantitative estimate of drug-likeness (QED) is 0.389. The number of amides is 1. The van der Waals surface area contributed by atoms with E-state index in [1.165, 1.54) is 41.7 Å². The van der Waals surface area contributed by atoms with Crippen LogP contribution in [0.3, 0.4) is 0 Å². The average Bonchev–Trinajstić information content (AvgIpc) is 3.34. The van der Waals surface area contributed by atoms with E-state index >= 15 is 0 Å². The molecule has 1 aliphatic heterocycles. The van der Waals surface area contributed by atoms with E-state index in [0.29, 0.717) is 22.0 Å². The van der Waals surface area contributed by atoms with Gasteiger partial charge >= 0.3 is 5.91 Å². The van der Waals surface area contributed by atoms with Crippen LogP contribution in [-0.4, -0.2) is 34.0 Å². The largest absolute Gasteiger partial charge is 0.508 e. The van der Waals surface area contributed by atoms with Crippen molar-refractivity contribution in [2.45, 2.75) is 6.04 Å². The molecule has 3 aromatic rings. The molecule has 4 rings (SSSR count). The molecular formula is C21H16N2O5S. The first-order chi connectivity index (χ1) is 14.0. The third-order valence-corrected chi connectivity index (χ3v) is 5.37. The molecule has 1 fully saturated rings. The summed E-state index contributed by atoms with van der Waals surface area (Å²) in [6, 6.07) is 11.9. The fourth-order valence-electron chi connectivity index (χ4n) is 3.30. The van der Waals surface area contributed by atoms with Crippen molar-refractivity contribution in [3.05, 3.63) is 76.8 Å². The zero-order valence-electron chi connectivity index (χ0n) is 15.3. The number of ether oxygens (including phenoxy) is 1. The number of aliphatic hydroxyl groups excluding tert-OH is 1. The minimum absolute atomic E-state index is 0.0198. The molecule has 1 aliphatic rings. The summed E-state index contributed by atoms with van der Waals surface area (Å²) >= 11 is 1.20. The number of aromatic hydroxyl groups is 1. The Morgan fingerprint density at radius 2 is 1.97 bits per heavy atom. The van der Waals surface area contributed by atoms with E-state index < -0.39 is 17.7 Å². The topological polar surface area (TPSA) is 100.0 Å². The molecule has 1 saturated heterocycles. The van der Waals surface area contributed by atoms with Crippen molar-refractivity contribution in [1.29, 1.82) is 0 Å². The van der Waals surface area contributed by atoms with Gasteiger partial charge in [0, 0.05) is 17.1 Å². The first-order valence-corrected chi connectivity index (χ1v) is 9.53. The Kier molecular flexibility index (Phi) is 4.77. The van der Waals surface area contributed by atoms with E-state index in [9.17, 15) is 19.8 Å². The molecule has 2 heterocycles. The Labute approximate surface area is 170 Å². The van der Waals surface area contributed by atoms with Crippen LogP contribution in [0.1, 0.15) is 17.2 Å². The zero-order valence-corrected chi connectivity index (χ0v) is 16.1. The van der Waals surface area contributed by atoms with Crippen LogP contribution < -0.4 is 9.64 Å². The van der Waals surface area contributed by atoms with Crippen molar-refractivity contribution in [3.63, 3.8) is 0 Å². The SMILES string of the molecule is COc1cccc(/C(O)=C2\C(=O)C(=O)N(c3nccs3)C2c2cccc(O)c2)c1. The van der Waals surface area contributed by atoms with Gasteiger partial charge in [0.05, 0.1) is 18.7 Å². The third-order valence-electron chi connectivity index (χ3n) is 4.60. The molecule has 1 unspecified atom stereocenters. The van der Waals surface area contributed by atoms with Crippen molar-refractivity contribution in [2.75, 3.05) is 12.0 Å². The van der Waals surface area contributed by atoms with Gasteiger partial charge in [-0.3, -0.25) is 14.5 Å². The maximum atomic E-state index is 12.9. The lowest BCUT2D eigenvalue weighted by atomic mass is 9.95. The smallest absolute Gasteiger partial charge is 0.301 e. The summed E-state index contributed by atoms with van der Waals surface area (Å²) in [5.41, 5.74) is 0.736. The Bertz CT molecular complexity index is 1120. The Morgan fingerprint density at radius 3 is 2.66 bits per heavy atom. The standard InChI is InChI=1S/C21H16N2O5S/c1-28-15-7-3-5-13(11-15)18(25)16-17(12-4-2-6-14(24)10-12)23(20(27)19(16)26)21-22-8-9-29-21/h2-11,17,24-25H,1H3/b18-16+. The average molecular weight is 408 g/mol. The second-order valence-corrected chi connectivity index (χ2v) is 7.18. The molecule has 2 N–H and O–H groups in total. The number of nitrogens with zero attached hydrogens (tertiary/aromatic N) is 2. The summed E-state index contributed by atoms with van der Waals surface area (Å²) in [7, 11) is 1.49. The fraction of sp³-hybridized carbons (Fsp3) is 0.0952. The van der Waals surface area contributed by atoms with Crippen LogP contribution in [0.25, 0.3) is 5.76 Å². The summed E-state index contributed by atoms with van der Waals surface area (Å²) in [6.07, 6.45) is 1.53. The molecule has 0 aliphatic carbocycles. The van der Waals surface area contributed by atoms with Gasteiger partial charge in [0.15, 0.2) is 5.13 Å². The maximum absolute atomic E-state index is 12.9. The number of anilines is 1. The van der Waals surface area contributed by atoms with Crippen molar-refractivity contribution in [1.82, 2.24) is 4.98 Å². The number of hydrogen-bond donors (Lipinski definition) is 2. The number of ketones is 1. The van der Waals surface area contributed by atoms with Crippen LogP contribution in [0, 0.1) is 0 Å². The number of phenols is 1.